The molecule has 0 aliphatic rings. The van der Waals surface area contributed by atoms with Crippen LogP contribution in [0.4, 0.5) is 10.5 Å². The summed E-state index contributed by atoms with van der Waals surface area (Å²) in [4.78, 5) is 45.6. The number of aromatic amines is 1. The Balaban J connectivity index is 1.33. The molecule has 5 rings (SSSR count). The molecule has 0 unspecified atom stereocenters. The van der Waals surface area contributed by atoms with E-state index in [4.69, 9.17) is 23.2 Å². The second-order valence-corrected chi connectivity index (χ2v) is 10.9. The van der Waals surface area contributed by atoms with Crippen LogP contribution >= 0.6 is 23.2 Å². The van der Waals surface area contributed by atoms with Crippen LogP contribution < -0.4 is 16.0 Å². The zero-order chi connectivity index (χ0) is 32.5. The Kier molecular flexibility index (Phi) is 10.6. The zero-order valence-corrected chi connectivity index (χ0v) is 26.0. The molecule has 5 aromatic rings. The minimum absolute atomic E-state index is 0.0769. The second-order valence-electron chi connectivity index (χ2n) is 10.1. The number of carbonyl (C=O) groups is 3. The molecule has 15 heteroatoms. The van der Waals surface area contributed by atoms with Gasteiger partial charge in [-0.25, -0.2) is 14.5 Å². The van der Waals surface area contributed by atoms with Gasteiger partial charge in [-0.05, 0) is 58.3 Å². The predicted molar refractivity (Wildman–Crippen MR) is 171 cm³/mol. The number of amides is 3. The molecule has 0 radical (unpaired) electrons. The molecular formula is C31H29Cl2N9O4. The van der Waals surface area contributed by atoms with E-state index < -0.39 is 12.1 Å². The van der Waals surface area contributed by atoms with Gasteiger partial charge in [0.1, 0.15) is 23.0 Å². The van der Waals surface area contributed by atoms with Gasteiger partial charge in [0.2, 0.25) is 11.8 Å². The number of benzene rings is 3. The first-order valence-electron chi connectivity index (χ1n) is 14.1. The van der Waals surface area contributed by atoms with Crippen LogP contribution in [0.5, 0.6) is 0 Å². The summed E-state index contributed by atoms with van der Waals surface area (Å²) in [7, 11) is 1.27. The Morgan fingerprint density at radius 1 is 1.00 bits per heavy atom. The van der Waals surface area contributed by atoms with E-state index in [1.165, 1.54) is 18.1 Å². The van der Waals surface area contributed by atoms with Gasteiger partial charge in [0.05, 0.1) is 25.3 Å². The van der Waals surface area contributed by atoms with Gasteiger partial charge in [-0.3, -0.25) is 14.9 Å². The largest absolute Gasteiger partial charge is 0.453 e. The van der Waals surface area contributed by atoms with Crippen LogP contribution in [0, 0.1) is 0 Å². The number of carbonyl (C=O) groups excluding carboxylic acids is 3. The van der Waals surface area contributed by atoms with Crippen LogP contribution in [0.2, 0.25) is 10.2 Å². The van der Waals surface area contributed by atoms with Gasteiger partial charge in [-0.1, -0.05) is 65.7 Å². The smallest absolute Gasteiger partial charge is 0.411 e. The topological polar surface area (TPSA) is 169 Å². The van der Waals surface area contributed by atoms with Gasteiger partial charge in [0.25, 0.3) is 0 Å². The normalized spacial score (nSPS) is 11.5. The van der Waals surface area contributed by atoms with Crippen LogP contribution in [0.25, 0.3) is 16.9 Å². The number of nitrogens with one attached hydrogen (secondary N) is 4. The zero-order valence-electron chi connectivity index (χ0n) is 24.5. The molecule has 2 heterocycles. The summed E-state index contributed by atoms with van der Waals surface area (Å²) < 4.78 is 6.12. The molecule has 46 heavy (non-hydrogen) atoms. The minimum atomic E-state index is -0.826. The van der Waals surface area contributed by atoms with E-state index in [1.54, 1.807) is 42.5 Å². The molecule has 2 aromatic heterocycles. The van der Waals surface area contributed by atoms with Crippen molar-refractivity contribution >= 4 is 46.8 Å². The van der Waals surface area contributed by atoms with Gasteiger partial charge in [0, 0.05) is 29.2 Å². The van der Waals surface area contributed by atoms with Gasteiger partial charge >= 0.3 is 6.09 Å². The fourth-order valence-electron chi connectivity index (χ4n) is 4.64. The van der Waals surface area contributed by atoms with Crippen molar-refractivity contribution in [1.29, 1.82) is 0 Å². The Morgan fingerprint density at radius 2 is 1.78 bits per heavy atom. The summed E-state index contributed by atoms with van der Waals surface area (Å²) in [6, 6.07) is 20.7. The van der Waals surface area contributed by atoms with Crippen molar-refractivity contribution in [3.05, 3.63) is 106 Å². The number of tetrazole rings is 1. The lowest BCUT2D eigenvalue weighted by molar-refractivity contribution is -0.123. The predicted octanol–water partition coefficient (Wildman–Crippen LogP) is 5.03. The van der Waals surface area contributed by atoms with Crippen molar-refractivity contribution < 1.29 is 19.1 Å². The van der Waals surface area contributed by atoms with Crippen molar-refractivity contribution in [3.63, 3.8) is 0 Å². The molecule has 0 aliphatic heterocycles. The average molecular weight is 663 g/mol. The first-order chi connectivity index (χ1) is 22.3. The summed E-state index contributed by atoms with van der Waals surface area (Å²) in [5.41, 5.74) is 3.97. The molecule has 13 nitrogen and oxygen atoms in total. The van der Waals surface area contributed by atoms with Crippen molar-refractivity contribution in [2.75, 3.05) is 12.4 Å². The third kappa shape index (κ3) is 8.46. The Labute approximate surface area is 273 Å². The van der Waals surface area contributed by atoms with E-state index in [0.29, 0.717) is 46.4 Å². The van der Waals surface area contributed by atoms with Crippen molar-refractivity contribution in [1.82, 2.24) is 40.8 Å². The number of ether oxygens (including phenoxy) is 1. The third-order valence-electron chi connectivity index (χ3n) is 6.91. The van der Waals surface area contributed by atoms with E-state index in [2.05, 4.69) is 46.2 Å². The van der Waals surface area contributed by atoms with Crippen LogP contribution in [-0.2, 0) is 27.3 Å². The van der Waals surface area contributed by atoms with Crippen LogP contribution in [-0.4, -0.2) is 55.2 Å². The highest BCUT2D eigenvalue weighted by Crippen LogP contribution is 2.29. The summed E-state index contributed by atoms with van der Waals surface area (Å²) in [6.07, 6.45) is 1.16. The third-order valence-corrected chi connectivity index (χ3v) is 7.42. The van der Waals surface area contributed by atoms with Gasteiger partial charge in [0.15, 0.2) is 0 Å². The molecular weight excluding hydrogens is 633 g/mol. The Bertz CT molecular complexity index is 1800. The standard InChI is InChI=1S/C31H29Cl2N9O4/c1-46-31(45)36-23-11-7-20(8-12-23)28-29(33)39-30(38-28)24(16-27(44)34-17-19-5-3-2-4-6-19)37-26(43)14-9-21-15-22(32)10-13-25(21)42-18-35-40-41-42/h2-8,10-13,15,18,24H,9,14,16-17H2,1H3,(H,34,44)(H,36,45)(H,37,43)(H,38,39)/t24-/m0/s1. The monoisotopic (exact) mass is 661 g/mol. The average Bonchev–Trinajstić information content (AvgIpc) is 3.74. The number of anilines is 1. The van der Waals surface area contributed by atoms with E-state index in [1.807, 2.05) is 30.3 Å². The highest BCUT2D eigenvalue weighted by atomic mass is 35.5. The molecule has 0 spiro atoms. The molecule has 3 amide bonds. The SMILES string of the molecule is COC(=O)Nc1ccc(-c2nc([C@H](CC(=O)NCc3ccccc3)NC(=O)CCc3cc(Cl)ccc3-n3cnnn3)[nH]c2Cl)cc1. The number of H-pyrrole nitrogens is 1. The molecule has 0 aliphatic carbocycles. The number of hydrogen-bond donors (Lipinski definition) is 4. The van der Waals surface area contributed by atoms with E-state index in [-0.39, 0.29) is 29.8 Å². The lowest BCUT2D eigenvalue weighted by Gasteiger charge is -2.17. The molecule has 1 atom stereocenters. The Hall–Kier alpha value is -5.27. The van der Waals surface area contributed by atoms with Gasteiger partial charge in [-0.15, -0.1) is 5.10 Å². The highest BCUT2D eigenvalue weighted by molar-refractivity contribution is 6.32. The molecule has 0 saturated heterocycles. The first kappa shape index (κ1) is 32.1. The van der Waals surface area contributed by atoms with Crippen molar-refractivity contribution in [2.45, 2.75) is 31.8 Å². The molecule has 0 saturated carbocycles. The number of halogens is 2. The van der Waals surface area contributed by atoms with Gasteiger partial charge < -0.3 is 20.4 Å². The molecule has 3 aromatic carbocycles. The number of nitrogens with zero attached hydrogens (tertiary/aromatic N) is 5. The second kappa shape index (κ2) is 15.1. The number of aryl methyl sites for hydroxylation is 1. The van der Waals surface area contributed by atoms with Crippen LogP contribution in [0.1, 0.15) is 35.8 Å². The maximum Gasteiger partial charge on any atom is 0.411 e. The summed E-state index contributed by atoms with van der Waals surface area (Å²) in [5, 5.41) is 20.4. The number of imidazole rings is 1. The first-order valence-corrected chi connectivity index (χ1v) is 14.9. The van der Waals surface area contributed by atoms with E-state index in [0.717, 1.165) is 11.1 Å². The number of aromatic nitrogens is 6. The fraction of sp³-hybridized carbons (Fsp3) is 0.194. The lowest BCUT2D eigenvalue weighted by atomic mass is 10.1. The van der Waals surface area contributed by atoms with Crippen LogP contribution in [0.3, 0.4) is 0 Å². The van der Waals surface area contributed by atoms with Crippen LogP contribution in [0.15, 0.2) is 79.1 Å². The number of hydrogen-bond acceptors (Lipinski definition) is 8. The maximum atomic E-state index is 13.3. The summed E-state index contributed by atoms with van der Waals surface area (Å²) in [5.74, 6) is -0.315. The van der Waals surface area contributed by atoms with Crippen molar-refractivity contribution in [2.24, 2.45) is 0 Å². The quantitative estimate of drug-likeness (QED) is 0.144. The molecule has 0 bridgehead atoms. The number of methoxy groups -OCH3 is 1. The fourth-order valence-corrected chi connectivity index (χ4v) is 5.08. The Morgan fingerprint density at radius 3 is 2.50 bits per heavy atom. The van der Waals surface area contributed by atoms with E-state index >= 15 is 0 Å². The molecule has 236 valence electrons. The molecule has 0 fully saturated rings. The summed E-state index contributed by atoms with van der Waals surface area (Å²) >= 11 is 12.8. The maximum absolute atomic E-state index is 13.3. The summed E-state index contributed by atoms with van der Waals surface area (Å²) in [6.45, 7) is 0.325. The van der Waals surface area contributed by atoms with Crippen molar-refractivity contribution in [3.8, 4) is 16.9 Å². The highest BCUT2D eigenvalue weighted by Gasteiger charge is 2.24. The van der Waals surface area contributed by atoms with E-state index in [9.17, 15) is 14.4 Å². The number of rotatable bonds is 12. The lowest BCUT2D eigenvalue weighted by Crippen LogP contribution is -2.34. The minimum Gasteiger partial charge on any atom is -0.453 e. The van der Waals surface area contributed by atoms with Gasteiger partial charge in [-0.2, -0.15) is 0 Å². The molecule has 4 N–H and O–H groups in total.